The van der Waals surface area contributed by atoms with E-state index in [9.17, 15) is 8.78 Å². The highest BCUT2D eigenvalue weighted by Crippen LogP contribution is 2.39. The van der Waals surface area contributed by atoms with Crippen LogP contribution in [0, 0.1) is 0 Å². The van der Waals surface area contributed by atoms with Gasteiger partial charge in [-0.15, -0.1) is 35.3 Å². The number of ether oxygens (including phenoxy) is 3. The molecule has 0 unspecified atom stereocenters. The Labute approximate surface area is 188 Å². The summed E-state index contributed by atoms with van der Waals surface area (Å²) in [6.45, 7) is 2.46. The maximum Gasteiger partial charge on any atom is 0.387 e. The average Bonchev–Trinajstić information content (AvgIpc) is 3.32. The van der Waals surface area contributed by atoms with Crippen LogP contribution in [0.25, 0.3) is 0 Å². The van der Waals surface area contributed by atoms with Gasteiger partial charge < -0.3 is 24.8 Å². The van der Waals surface area contributed by atoms with Crippen LogP contribution in [0.3, 0.4) is 0 Å². The van der Waals surface area contributed by atoms with Crippen molar-refractivity contribution < 1.29 is 23.0 Å². The highest BCUT2D eigenvalue weighted by molar-refractivity contribution is 14.0. The van der Waals surface area contributed by atoms with Crippen LogP contribution in [0.5, 0.6) is 17.2 Å². The van der Waals surface area contributed by atoms with Crippen molar-refractivity contribution in [3.63, 3.8) is 0 Å². The molecule has 7 nitrogen and oxygen atoms in total. The number of guanidine groups is 1. The zero-order valence-corrected chi connectivity index (χ0v) is 19.2. The van der Waals surface area contributed by atoms with E-state index >= 15 is 0 Å². The minimum Gasteiger partial charge on any atom is -0.454 e. The highest BCUT2D eigenvalue weighted by Gasteiger charge is 2.20. The number of hydrogen-bond acceptors (Lipinski definition) is 6. The van der Waals surface area contributed by atoms with Crippen LogP contribution < -0.4 is 24.8 Å². The molecular weight excluding hydrogens is 517 g/mol. The number of thiazole rings is 1. The maximum atomic E-state index is 12.8. The van der Waals surface area contributed by atoms with Crippen LogP contribution in [0.15, 0.2) is 23.3 Å². The molecule has 3 rings (SSSR count). The van der Waals surface area contributed by atoms with Gasteiger partial charge in [0.05, 0.1) is 13.1 Å². The Kier molecular flexibility index (Phi) is 9.14. The predicted molar refractivity (Wildman–Crippen MR) is 118 cm³/mol. The summed E-state index contributed by atoms with van der Waals surface area (Å²) in [6.07, 6.45) is 2.81. The van der Waals surface area contributed by atoms with E-state index in [-0.39, 0.29) is 43.1 Å². The molecule has 0 saturated carbocycles. The van der Waals surface area contributed by atoms with Gasteiger partial charge in [0.25, 0.3) is 0 Å². The van der Waals surface area contributed by atoms with Crippen molar-refractivity contribution in [3.8, 4) is 17.2 Å². The molecule has 0 atom stereocenters. The maximum absolute atomic E-state index is 12.8. The van der Waals surface area contributed by atoms with E-state index in [1.807, 2.05) is 13.1 Å². The zero-order chi connectivity index (χ0) is 19.9. The van der Waals surface area contributed by atoms with Crippen LogP contribution in [0.1, 0.15) is 29.3 Å². The molecule has 29 heavy (non-hydrogen) atoms. The van der Waals surface area contributed by atoms with Gasteiger partial charge in [0.2, 0.25) is 6.79 Å². The van der Waals surface area contributed by atoms with Crippen molar-refractivity contribution >= 4 is 41.3 Å². The van der Waals surface area contributed by atoms with Crippen molar-refractivity contribution in [2.45, 2.75) is 40.0 Å². The Morgan fingerprint density at radius 1 is 1.28 bits per heavy atom. The third kappa shape index (κ3) is 6.56. The fraction of sp³-hybridized carbons (Fsp3) is 0.444. The first-order valence-corrected chi connectivity index (χ1v) is 9.73. The fourth-order valence-electron chi connectivity index (χ4n) is 2.55. The third-order valence-electron chi connectivity index (χ3n) is 3.88. The topological polar surface area (TPSA) is 77.0 Å². The first-order valence-electron chi connectivity index (χ1n) is 8.92. The summed E-state index contributed by atoms with van der Waals surface area (Å²) >= 11 is 1.64. The van der Waals surface area contributed by atoms with E-state index in [2.05, 4.69) is 32.3 Å². The van der Waals surface area contributed by atoms with E-state index in [4.69, 9.17) is 9.47 Å². The van der Waals surface area contributed by atoms with Crippen LogP contribution >= 0.6 is 35.3 Å². The SMILES string of the molecule is CCNC(=NCc1cc2c(cc1OC(F)F)OCO2)NCc1ncc(CC)s1.I. The second kappa shape index (κ2) is 11.3. The van der Waals surface area contributed by atoms with Gasteiger partial charge in [-0.3, -0.25) is 0 Å². The van der Waals surface area contributed by atoms with Crippen molar-refractivity contribution in [2.24, 2.45) is 4.99 Å². The molecule has 0 spiro atoms. The lowest BCUT2D eigenvalue weighted by atomic mass is 10.1. The number of nitrogens with one attached hydrogen (secondary N) is 2. The molecule has 1 aromatic carbocycles. The van der Waals surface area contributed by atoms with Crippen molar-refractivity contribution in [2.75, 3.05) is 13.3 Å². The van der Waals surface area contributed by atoms with Gasteiger partial charge in [-0.2, -0.15) is 8.78 Å². The molecule has 160 valence electrons. The summed E-state index contributed by atoms with van der Waals surface area (Å²) in [4.78, 5) is 10.0. The van der Waals surface area contributed by atoms with E-state index in [1.54, 1.807) is 17.4 Å². The number of nitrogens with zero attached hydrogens (tertiary/aromatic N) is 2. The van der Waals surface area contributed by atoms with E-state index in [0.29, 0.717) is 36.1 Å². The van der Waals surface area contributed by atoms with E-state index in [0.717, 1.165) is 11.4 Å². The Morgan fingerprint density at radius 2 is 2.03 bits per heavy atom. The summed E-state index contributed by atoms with van der Waals surface area (Å²) in [7, 11) is 0. The van der Waals surface area contributed by atoms with Crippen LogP contribution in [0.2, 0.25) is 0 Å². The normalized spacial score (nSPS) is 12.7. The van der Waals surface area contributed by atoms with Gasteiger partial charge in [0, 0.05) is 29.2 Å². The summed E-state index contributed by atoms with van der Waals surface area (Å²) in [6, 6.07) is 3.02. The van der Waals surface area contributed by atoms with Crippen LogP contribution in [-0.4, -0.2) is 30.9 Å². The quantitative estimate of drug-likeness (QED) is 0.301. The Balaban J connectivity index is 0.00000300. The fourth-order valence-corrected chi connectivity index (χ4v) is 3.36. The molecular formula is C18H23F2IN4O3S. The van der Waals surface area contributed by atoms with E-state index < -0.39 is 6.61 Å². The molecule has 11 heteroatoms. The molecule has 0 saturated heterocycles. The second-order valence-electron chi connectivity index (χ2n) is 5.81. The number of fused-ring (bicyclic) bond motifs is 1. The van der Waals surface area contributed by atoms with Gasteiger partial charge in [-0.25, -0.2) is 9.98 Å². The number of aromatic nitrogens is 1. The second-order valence-corrected chi connectivity index (χ2v) is 7.01. The minimum atomic E-state index is -2.94. The first-order chi connectivity index (χ1) is 13.6. The van der Waals surface area contributed by atoms with Crippen LogP contribution in [-0.2, 0) is 19.5 Å². The Morgan fingerprint density at radius 3 is 2.69 bits per heavy atom. The number of aliphatic imine (C=N–C) groups is 1. The smallest absolute Gasteiger partial charge is 0.387 e. The summed E-state index contributed by atoms with van der Waals surface area (Å²) in [5, 5.41) is 7.28. The Bertz CT molecular complexity index is 835. The number of rotatable bonds is 8. The molecule has 0 bridgehead atoms. The lowest BCUT2D eigenvalue weighted by Crippen LogP contribution is -2.36. The molecule has 0 aliphatic carbocycles. The number of hydrogen-bond donors (Lipinski definition) is 2. The third-order valence-corrected chi connectivity index (χ3v) is 5.02. The number of benzene rings is 1. The first kappa shape index (κ1) is 23.4. The van der Waals surface area contributed by atoms with Gasteiger partial charge >= 0.3 is 6.61 Å². The van der Waals surface area contributed by atoms with Gasteiger partial charge in [0.15, 0.2) is 17.5 Å². The van der Waals surface area contributed by atoms with Crippen LogP contribution in [0.4, 0.5) is 8.78 Å². The molecule has 1 aliphatic heterocycles. The van der Waals surface area contributed by atoms with Gasteiger partial charge in [0.1, 0.15) is 10.8 Å². The van der Waals surface area contributed by atoms with Gasteiger partial charge in [-0.1, -0.05) is 6.92 Å². The lowest BCUT2D eigenvalue weighted by molar-refractivity contribution is -0.0505. The van der Waals surface area contributed by atoms with E-state index in [1.165, 1.54) is 10.9 Å². The molecule has 2 N–H and O–H groups in total. The van der Waals surface area contributed by atoms with Crippen molar-refractivity contribution in [1.82, 2.24) is 15.6 Å². The number of alkyl halides is 2. The minimum absolute atomic E-state index is 0. The largest absolute Gasteiger partial charge is 0.454 e. The summed E-state index contributed by atoms with van der Waals surface area (Å²) < 4.78 is 40.7. The monoisotopic (exact) mass is 540 g/mol. The molecule has 0 radical (unpaired) electrons. The molecule has 2 aromatic rings. The molecule has 0 amide bonds. The van der Waals surface area contributed by atoms with Gasteiger partial charge in [-0.05, 0) is 19.4 Å². The summed E-state index contributed by atoms with van der Waals surface area (Å²) in [5.74, 6) is 1.44. The standard InChI is InChI=1S/C18H22F2N4O3S.HI/c1-3-12-8-22-16(28-12)9-24-18(21-4-2)23-7-11-5-14-15(26-10-25-14)6-13(11)27-17(19)20;/h5-6,8,17H,3-4,7,9-10H2,1-2H3,(H2,21,23,24);1H. The summed E-state index contributed by atoms with van der Waals surface area (Å²) in [5.41, 5.74) is 0.476. The molecule has 1 aliphatic rings. The lowest BCUT2D eigenvalue weighted by Gasteiger charge is -2.13. The predicted octanol–water partition coefficient (Wildman–Crippen LogP) is 3.91. The Hall–Kier alpha value is -1.89. The van der Waals surface area contributed by atoms with Crippen molar-refractivity contribution in [1.29, 1.82) is 0 Å². The average molecular weight is 540 g/mol. The highest BCUT2D eigenvalue weighted by atomic mass is 127. The molecule has 0 fully saturated rings. The molecule has 1 aromatic heterocycles. The zero-order valence-electron chi connectivity index (χ0n) is 16.0. The number of aryl methyl sites for hydroxylation is 1. The van der Waals surface area contributed by atoms with Crippen molar-refractivity contribution in [3.05, 3.63) is 33.8 Å². The molecule has 2 heterocycles. The number of halogens is 3.